The topological polar surface area (TPSA) is 64.3 Å². The molecule has 0 aromatic heterocycles. The fraction of sp³-hybridized carbons (Fsp3) is 0.500. The molecule has 0 bridgehead atoms. The van der Waals surface area contributed by atoms with Gasteiger partial charge in [0.15, 0.2) is 0 Å². The molecule has 0 aliphatic heterocycles. The lowest BCUT2D eigenvalue weighted by Gasteiger charge is -2.21. The van der Waals surface area contributed by atoms with Gasteiger partial charge in [-0.15, -0.1) is 0 Å². The predicted octanol–water partition coefficient (Wildman–Crippen LogP) is 2.75. The molecule has 4 nitrogen and oxygen atoms in total. The van der Waals surface area contributed by atoms with E-state index in [0.29, 0.717) is 22.5 Å². The third-order valence-corrected chi connectivity index (χ3v) is 4.74. The van der Waals surface area contributed by atoms with Gasteiger partial charge in [0.05, 0.1) is 24.0 Å². The van der Waals surface area contributed by atoms with Gasteiger partial charge in [0.2, 0.25) is 0 Å². The molecule has 0 spiro atoms. The van der Waals surface area contributed by atoms with E-state index in [4.69, 9.17) is 10.5 Å². The van der Waals surface area contributed by atoms with Crippen LogP contribution < -0.4 is 11.1 Å². The van der Waals surface area contributed by atoms with Gasteiger partial charge in [-0.05, 0) is 37.3 Å². The normalized spacial score (nSPS) is 22.2. The summed E-state index contributed by atoms with van der Waals surface area (Å²) in [6, 6.07) is 5.63. The van der Waals surface area contributed by atoms with Crippen molar-refractivity contribution >= 4 is 29.1 Å². The van der Waals surface area contributed by atoms with E-state index in [2.05, 4.69) is 11.6 Å². The van der Waals surface area contributed by atoms with Crippen LogP contribution in [0.3, 0.4) is 0 Å². The van der Waals surface area contributed by atoms with Crippen molar-refractivity contribution in [3.63, 3.8) is 0 Å². The summed E-state index contributed by atoms with van der Waals surface area (Å²) in [6.45, 7) is 0. The first-order valence-corrected chi connectivity index (χ1v) is 7.71. The molecule has 1 aromatic carbocycles. The number of hydrogen-bond acceptors (Lipinski definition) is 5. The molecule has 1 fully saturated rings. The minimum absolute atomic E-state index is 0.337. The smallest absolute Gasteiger partial charge is 0.337 e. The van der Waals surface area contributed by atoms with E-state index >= 15 is 0 Å². The largest absolute Gasteiger partial charge is 0.465 e. The highest BCUT2D eigenvalue weighted by Crippen LogP contribution is 2.32. The number of ether oxygens (including phenoxy) is 1. The van der Waals surface area contributed by atoms with E-state index in [1.807, 2.05) is 11.8 Å². The molecular formula is C14H20N2O2S. The lowest BCUT2D eigenvalue weighted by molar-refractivity contribution is 0.0601. The zero-order valence-electron chi connectivity index (χ0n) is 11.3. The van der Waals surface area contributed by atoms with Crippen molar-refractivity contribution in [2.45, 2.75) is 30.6 Å². The first kappa shape index (κ1) is 14.1. The second kappa shape index (κ2) is 6.19. The van der Waals surface area contributed by atoms with Gasteiger partial charge in [0, 0.05) is 11.3 Å². The zero-order valence-corrected chi connectivity index (χ0v) is 12.1. The van der Waals surface area contributed by atoms with Crippen LogP contribution in [0.1, 0.15) is 29.6 Å². The maximum atomic E-state index is 11.5. The van der Waals surface area contributed by atoms with Crippen LogP contribution in [0.5, 0.6) is 0 Å². The minimum Gasteiger partial charge on any atom is -0.465 e. The van der Waals surface area contributed by atoms with Gasteiger partial charge in [-0.25, -0.2) is 4.79 Å². The Kier molecular flexibility index (Phi) is 4.58. The first-order valence-electron chi connectivity index (χ1n) is 6.43. The summed E-state index contributed by atoms with van der Waals surface area (Å²) in [4.78, 5) is 11.5. The highest BCUT2D eigenvalue weighted by atomic mass is 32.2. The van der Waals surface area contributed by atoms with Crippen molar-refractivity contribution in [3.8, 4) is 0 Å². The van der Waals surface area contributed by atoms with Crippen molar-refractivity contribution in [2.75, 3.05) is 24.4 Å². The maximum absolute atomic E-state index is 11.5. The summed E-state index contributed by atoms with van der Waals surface area (Å²) in [5.41, 5.74) is 7.99. The summed E-state index contributed by atoms with van der Waals surface area (Å²) < 4.78 is 4.73. The molecule has 0 heterocycles. The van der Waals surface area contributed by atoms with Crippen LogP contribution in [0.15, 0.2) is 18.2 Å². The maximum Gasteiger partial charge on any atom is 0.337 e. The van der Waals surface area contributed by atoms with Crippen LogP contribution in [0.4, 0.5) is 11.4 Å². The Labute approximate surface area is 118 Å². The number of esters is 1. The summed E-state index contributed by atoms with van der Waals surface area (Å²) in [5.74, 6) is -0.337. The van der Waals surface area contributed by atoms with Crippen LogP contribution in [0, 0.1) is 0 Å². The molecule has 5 heteroatoms. The van der Waals surface area contributed by atoms with E-state index in [1.54, 1.807) is 18.2 Å². The molecule has 3 N–H and O–H groups in total. The molecule has 1 saturated carbocycles. The summed E-state index contributed by atoms with van der Waals surface area (Å²) >= 11 is 1.89. The summed E-state index contributed by atoms with van der Waals surface area (Å²) in [5, 5.41) is 4.09. The van der Waals surface area contributed by atoms with Crippen molar-refractivity contribution in [2.24, 2.45) is 0 Å². The number of methoxy groups -OCH3 is 1. The molecule has 0 saturated heterocycles. The molecule has 0 amide bonds. The molecule has 1 aliphatic carbocycles. The Balaban J connectivity index is 2.17. The Morgan fingerprint density at radius 2 is 2.26 bits per heavy atom. The minimum atomic E-state index is -0.337. The lowest BCUT2D eigenvalue weighted by Crippen LogP contribution is -2.26. The molecule has 0 radical (unpaired) electrons. The van der Waals surface area contributed by atoms with E-state index in [0.717, 1.165) is 12.1 Å². The molecular weight excluding hydrogens is 260 g/mol. The van der Waals surface area contributed by atoms with E-state index in [9.17, 15) is 4.79 Å². The van der Waals surface area contributed by atoms with Gasteiger partial charge < -0.3 is 15.8 Å². The van der Waals surface area contributed by atoms with E-state index < -0.39 is 0 Å². The van der Waals surface area contributed by atoms with Crippen molar-refractivity contribution in [1.82, 2.24) is 0 Å². The number of nitrogen functional groups attached to an aromatic ring is 1. The van der Waals surface area contributed by atoms with E-state index in [-0.39, 0.29) is 5.97 Å². The number of nitrogens with two attached hydrogens (primary N) is 1. The number of nitrogens with one attached hydrogen (secondary N) is 1. The van der Waals surface area contributed by atoms with Gasteiger partial charge in [0.1, 0.15) is 0 Å². The van der Waals surface area contributed by atoms with Gasteiger partial charge in [-0.2, -0.15) is 11.8 Å². The number of carbonyl (C=O) groups is 1. The van der Waals surface area contributed by atoms with Gasteiger partial charge in [-0.1, -0.05) is 6.42 Å². The number of carbonyl (C=O) groups excluding carboxylic acids is 1. The number of thioether (sulfide) groups is 1. The van der Waals surface area contributed by atoms with Crippen molar-refractivity contribution in [3.05, 3.63) is 23.8 Å². The molecule has 2 unspecified atom stereocenters. The fourth-order valence-corrected chi connectivity index (χ4v) is 3.43. The SMILES string of the molecule is COC(=O)c1ccc(N)c(NC2CCCC2SC)c1. The first-order chi connectivity index (χ1) is 9.15. The second-order valence-corrected chi connectivity index (χ2v) is 5.83. The third-order valence-electron chi connectivity index (χ3n) is 3.57. The van der Waals surface area contributed by atoms with Crippen LogP contribution in [-0.2, 0) is 4.74 Å². The number of rotatable bonds is 4. The molecule has 19 heavy (non-hydrogen) atoms. The highest BCUT2D eigenvalue weighted by molar-refractivity contribution is 7.99. The number of hydrogen-bond donors (Lipinski definition) is 2. The van der Waals surface area contributed by atoms with Crippen molar-refractivity contribution < 1.29 is 9.53 Å². The van der Waals surface area contributed by atoms with Crippen LogP contribution in [0.2, 0.25) is 0 Å². The quantitative estimate of drug-likeness (QED) is 0.656. The zero-order chi connectivity index (χ0) is 13.8. The lowest BCUT2D eigenvalue weighted by atomic mass is 10.1. The summed E-state index contributed by atoms with van der Waals surface area (Å²) in [6.07, 6.45) is 5.75. The Hall–Kier alpha value is -1.36. The highest BCUT2D eigenvalue weighted by Gasteiger charge is 2.26. The predicted molar refractivity (Wildman–Crippen MR) is 80.8 cm³/mol. The number of anilines is 2. The second-order valence-electron chi connectivity index (χ2n) is 4.75. The van der Waals surface area contributed by atoms with Gasteiger partial charge >= 0.3 is 5.97 Å². The Morgan fingerprint density at radius 1 is 1.47 bits per heavy atom. The summed E-state index contributed by atoms with van der Waals surface area (Å²) in [7, 11) is 1.38. The monoisotopic (exact) mass is 280 g/mol. The standard InChI is InChI=1S/C14H20N2O2S/c1-18-14(17)9-6-7-10(15)12(8-9)16-11-4-3-5-13(11)19-2/h6-8,11,13,16H,3-5,15H2,1-2H3. The molecule has 2 atom stereocenters. The van der Waals surface area contributed by atoms with E-state index in [1.165, 1.54) is 20.0 Å². The Morgan fingerprint density at radius 3 is 2.95 bits per heavy atom. The molecule has 104 valence electrons. The molecule has 1 aromatic rings. The average Bonchev–Trinajstić information content (AvgIpc) is 2.87. The van der Waals surface area contributed by atoms with Gasteiger partial charge in [-0.3, -0.25) is 0 Å². The molecule has 1 aliphatic rings. The Bertz CT molecular complexity index is 465. The van der Waals surface area contributed by atoms with Crippen molar-refractivity contribution in [1.29, 1.82) is 0 Å². The van der Waals surface area contributed by atoms with Crippen LogP contribution in [-0.4, -0.2) is 30.6 Å². The third kappa shape index (κ3) is 3.15. The number of benzene rings is 1. The van der Waals surface area contributed by atoms with Crippen LogP contribution >= 0.6 is 11.8 Å². The van der Waals surface area contributed by atoms with Crippen LogP contribution in [0.25, 0.3) is 0 Å². The fourth-order valence-electron chi connectivity index (χ4n) is 2.50. The van der Waals surface area contributed by atoms with Gasteiger partial charge in [0.25, 0.3) is 0 Å². The average molecular weight is 280 g/mol. The molecule has 2 rings (SSSR count).